The van der Waals surface area contributed by atoms with E-state index in [1.807, 2.05) is 31.2 Å². The minimum atomic E-state index is -0.396. The van der Waals surface area contributed by atoms with Gasteiger partial charge >= 0.3 is 0 Å². The minimum Gasteiger partial charge on any atom is -0.454 e. The van der Waals surface area contributed by atoms with Crippen molar-refractivity contribution in [2.75, 3.05) is 30.2 Å². The average molecular weight is 381 g/mol. The molecule has 2 heterocycles. The highest BCUT2D eigenvalue weighted by Crippen LogP contribution is 2.34. The van der Waals surface area contributed by atoms with Crippen LogP contribution >= 0.6 is 0 Å². The summed E-state index contributed by atoms with van der Waals surface area (Å²) in [6.07, 6.45) is 0.826. The third-order valence-electron chi connectivity index (χ3n) is 4.35. The summed E-state index contributed by atoms with van der Waals surface area (Å²) >= 11 is 0. The van der Waals surface area contributed by atoms with Gasteiger partial charge in [0.05, 0.1) is 5.69 Å². The molecule has 0 fully saturated rings. The number of carbonyl (C=O) groups is 2. The van der Waals surface area contributed by atoms with Crippen LogP contribution in [-0.2, 0) is 14.4 Å². The van der Waals surface area contributed by atoms with Gasteiger partial charge in [0.2, 0.25) is 6.79 Å². The first-order valence-corrected chi connectivity index (χ1v) is 8.98. The predicted octanol–water partition coefficient (Wildman–Crippen LogP) is 2.53. The molecule has 2 aromatic carbocycles. The number of anilines is 2. The summed E-state index contributed by atoms with van der Waals surface area (Å²) in [5.74, 6) is 0.588. The lowest BCUT2D eigenvalue weighted by Gasteiger charge is -2.14. The van der Waals surface area contributed by atoms with Crippen LogP contribution in [0.3, 0.4) is 0 Å². The molecule has 2 aromatic rings. The van der Waals surface area contributed by atoms with Gasteiger partial charge in [-0.25, -0.2) is 0 Å². The Morgan fingerprint density at radius 1 is 1.21 bits per heavy atom. The molecule has 0 aromatic heterocycles. The highest BCUT2D eigenvalue weighted by molar-refractivity contribution is 6.54. The normalized spacial score (nSPS) is 15.7. The Morgan fingerprint density at radius 2 is 2.04 bits per heavy atom. The number of nitrogens with zero attached hydrogens (tertiary/aromatic N) is 2. The van der Waals surface area contributed by atoms with E-state index in [9.17, 15) is 9.59 Å². The summed E-state index contributed by atoms with van der Waals surface area (Å²) < 4.78 is 10.5. The highest BCUT2D eigenvalue weighted by atomic mass is 16.7. The van der Waals surface area contributed by atoms with Crippen LogP contribution in [0.4, 0.5) is 11.4 Å². The summed E-state index contributed by atoms with van der Waals surface area (Å²) in [5, 5.41) is 6.63. The fourth-order valence-corrected chi connectivity index (χ4v) is 3.12. The Bertz CT molecular complexity index is 957. The van der Waals surface area contributed by atoms with Crippen LogP contribution in [0.2, 0.25) is 0 Å². The van der Waals surface area contributed by atoms with Gasteiger partial charge in [0.15, 0.2) is 23.8 Å². The van der Waals surface area contributed by atoms with E-state index < -0.39 is 5.91 Å². The van der Waals surface area contributed by atoms with E-state index in [-0.39, 0.29) is 25.0 Å². The van der Waals surface area contributed by atoms with Crippen LogP contribution in [0.5, 0.6) is 11.5 Å². The number of oxime groups is 1. The first kappa shape index (κ1) is 17.8. The molecule has 8 nitrogen and oxygen atoms in total. The third kappa shape index (κ3) is 3.36. The van der Waals surface area contributed by atoms with Crippen LogP contribution in [-0.4, -0.2) is 37.5 Å². The maximum Gasteiger partial charge on any atom is 0.281 e. The zero-order valence-corrected chi connectivity index (χ0v) is 15.3. The molecule has 0 saturated carbocycles. The highest BCUT2D eigenvalue weighted by Gasteiger charge is 2.33. The predicted molar refractivity (Wildman–Crippen MR) is 103 cm³/mol. The van der Waals surface area contributed by atoms with Gasteiger partial charge in [-0.1, -0.05) is 30.3 Å². The SMILES string of the molecule is CCCN1C(=O)C(=NOCC(=O)Nc2ccc3c(c2)OCO3)c2ccccc21. The van der Waals surface area contributed by atoms with Crippen molar-refractivity contribution in [1.82, 2.24) is 0 Å². The second-order valence-electron chi connectivity index (χ2n) is 6.30. The molecule has 144 valence electrons. The number of hydrogen-bond acceptors (Lipinski definition) is 6. The molecule has 0 radical (unpaired) electrons. The van der Waals surface area contributed by atoms with Crippen molar-refractivity contribution < 1.29 is 23.9 Å². The van der Waals surface area contributed by atoms with Crippen LogP contribution in [0.1, 0.15) is 18.9 Å². The van der Waals surface area contributed by atoms with Crippen molar-refractivity contribution in [2.24, 2.45) is 5.16 Å². The lowest BCUT2D eigenvalue weighted by Crippen LogP contribution is -2.31. The van der Waals surface area contributed by atoms with Gasteiger partial charge in [0.25, 0.3) is 11.8 Å². The molecule has 0 saturated heterocycles. The first-order valence-electron chi connectivity index (χ1n) is 8.98. The van der Waals surface area contributed by atoms with Crippen LogP contribution in [0, 0.1) is 0 Å². The molecule has 0 bridgehead atoms. The van der Waals surface area contributed by atoms with Gasteiger partial charge in [-0.15, -0.1) is 0 Å². The van der Waals surface area contributed by atoms with Crippen LogP contribution in [0.15, 0.2) is 47.6 Å². The Labute approximate surface area is 161 Å². The van der Waals surface area contributed by atoms with Crippen LogP contribution in [0.25, 0.3) is 0 Å². The summed E-state index contributed by atoms with van der Waals surface area (Å²) in [5.41, 5.74) is 2.28. The van der Waals surface area contributed by atoms with E-state index in [0.29, 0.717) is 29.3 Å². The summed E-state index contributed by atoms with van der Waals surface area (Å²) in [4.78, 5) is 31.6. The lowest BCUT2D eigenvalue weighted by atomic mass is 10.1. The zero-order valence-electron chi connectivity index (χ0n) is 15.3. The van der Waals surface area contributed by atoms with E-state index in [0.717, 1.165) is 12.1 Å². The minimum absolute atomic E-state index is 0.165. The van der Waals surface area contributed by atoms with Gasteiger partial charge in [0.1, 0.15) is 0 Å². The third-order valence-corrected chi connectivity index (χ3v) is 4.35. The number of carbonyl (C=O) groups excluding carboxylic acids is 2. The Hall–Kier alpha value is -3.55. The molecule has 2 aliphatic heterocycles. The second kappa shape index (κ2) is 7.59. The molecule has 28 heavy (non-hydrogen) atoms. The molecular formula is C20H19N3O5. The molecule has 2 amide bonds. The van der Waals surface area contributed by atoms with Crippen molar-refractivity contribution in [2.45, 2.75) is 13.3 Å². The summed E-state index contributed by atoms with van der Waals surface area (Å²) in [6, 6.07) is 12.5. The molecule has 8 heteroatoms. The number of fused-ring (bicyclic) bond motifs is 2. The summed E-state index contributed by atoms with van der Waals surface area (Å²) in [7, 11) is 0. The number of hydrogen-bond donors (Lipinski definition) is 1. The molecule has 0 atom stereocenters. The van der Waals surface area contributed by atoms with Crippen molar-refractivity contribution in [1.29, 1.82) is 0 Å². The van der Waals surface area contributed by atoms with Crippen molar-refractivity contribution in [3.63, 3.8) is 0 Å². The van der Waals surface area contributed by atoms with Gasteiger partial charge in [0, 0.05) is 23.9 Å². The zero-order chi connectivity index (χ0) is 19.5. The second-order valence-corrected chi connectivity index (χ2v) is 6.30. The average Bonchev–Trinajstić information content (AvgIpc) is 3.26. The number of nitrogens with one attached hydrogen (secondary N) is 1. The standard InChI is InChI=1S/C20H19N3O5/c1-2-9-23-15-6-4-3-5-14(15)19(20(23)25)22-28-11-18(24)21-13-7-8-16-17(10-13)27-12-26-16/h3-8,10H,2,9,11-12H2,1H3,(H,21,24). The van der Waals surface area contributed by atoms with E-state index in [2.05, 4.69) is 10.5 Å². The molecular weight excluding hydrogens is 362 g/mol. The number of para-hydroxylation sites is 1. The molecule has 2 aliphatic rings. The van der Waals surface area contributed by atoms with Gasteiger partial charge < -0.3 is 24.5 Å². The van der Waals surface area contributed by atoms with E-state index in [1.54, 1.807) is 23.1 Å². The molecule has 0 aliphatic carbocycles. The monoisotopic (exact) mass is 381 g/mol. The number of ether oxygens (including phenoxy) is 2. The molecule has 4 rings (SSSR count). The quantitative estimate of drug-likeness (QED) is 0.777. The van der Waals surface area contributed by atoms with Gasteiger partial charge in [-0.2, -0.15) is 0 Å². The largest absolute Gasteiger partial charge is 0.454 e. The smallest absolute Gasteiger partial charge is 0.281 e. The Balaban J connectivity index is 1.40. The van der Waals surface area contributed by atoms with Crippen molar-refractivity contribution in [3.8, 4) is 11.5 Å². The van der Waals surface area contributed by atoms with Crippen LogP contribution < -0.4 is 19.7 Å². The number of rotatable bonds is 6. The van der Waals surface area contributed by atoms with E-state index in [1.165, 1.54) is 0 Å². The molecule has 0 unspecified atom stereocenters. The molecule has 0 spiro atoms. The van der Waals surface area contributed by atoms with E-state index >= 15 is 0 Å². The summed E-state index contributed by atoms with van der Waals surface area (Å²) in [6.45, 7) is 2.44. The fraction of sp³-hybridized carbons (Fsp3) is 0.250. The maximum absolute atomic E-state index is 12.6. The number of amides is 2. The number of benzene rings is 2. The lowest BCUT2D eigenvalue weighted by molar-refractivity contribution is -0.121. The fourth-order valence-electron chi connectivity index (χ4n) is 3.12. The Morgan fingerprint density at radius 3 is 2.89 bits per heavy atom. The topological polar surface area (TPSA) is 89.5 Å². The van der Waals surface area contributed by atoms with Gasteiger partial charge in [-0.05, 0) is 24.6 Å². The maximum atomic E-state index is 12.6. The Kier molecular flexibility index (Phi) is 4.84. The van der Waals surface area contributed by atoms with E-state index in [4.69, 9.17) is 14.3 Å². The first-order chi connectivity index (χ1) is 13.7. The van der Waals surface area contributed by atoms with Crippen molar-refractivity contribution >= 4 is 28.9 Å². The van der Waals surface area contributed by atoms with Gasteiger partial charge in [-0.3, -0.25) is 9.59 Å². The van der Waals surface area contributed by atoms with Crippen molar-refractivity contribution in [3.05, 3.63) is 48.0 Å². The molecule has 1 N–H and O–H groups in total.